The van der Waals surface area contributed by atoms with Crippen molar-refractivity contribution in [3.8, 4) is 22.6 Å². The summed E-state index contributed by atoms with van der Waals surface area (Å²) in [5.41, 5.74) is 9.77. The largest absolute Gasteiger partial charge is 0.481 e. The van der Waals surface area contributed by atoms with Crippen molar-refractivity contribution >= 4 is 11.8 Å². The van der Waals surface area contributed by atoms with Gasteiger partial charge < -0.3 is 10.8 Å². The maximum atomic E-state index is 13.4. The van der Waals surface area contributed by atoms with Gasteiger partial charge >= 0.3 is 11.7 Å². The number of carbonyl (C=O) groups is 1. The molecule has 0 saturated heterocycles. The third-order valence-corrected chi connectivity index (χ3v) is 5.24. The number of nitrogens with zero attached hydrogens (tertiary/aromatic N) is 2. The van der Waals surface area contributed by atoms with E-state index in [0.29, 0.717) is 23.4 Å². The first-order chi connectivity index (χ1) is 15.4. The number of rotatable bonds is 7. The first-order valence-corrected chi connectivity index (χ1v) is 10.1. The fraction of sp³-hybridized carbons (Fsp3) is 0.0800. The summed E-state index contributed by atoms with van der Waals surface area (Å²) >= 11 is 0. The number of benzene rings is 3. The van der Waals surface area contributed by atoms with E-state index in [1.54, 1.807) is 39.6 Å². The minimum Gasteiger partial charge on any atom is -0.481 e. The van der Waals surface area contributed by atoms with Crippen molar-refractivity contribution < 1.29 is 9.90 Å². The van der Waals surface area contributed by atoms with Crippen LogP contribution in [0, 0.1) is 5.41 Å². The minimum absolute atomic E-state index is 0.0329. The van der Waals surface area contributed by atoms with Crippen LogP contribution in [0.4, 0.5) is 0 Å². The molecule has 7 nitrogen and oxygen atoms in total. The molecule has 160 valence electrons. The average molecular weight is 426 g/mol. The van der Waals surface area contributed by atoms with Gasteiger partial charge in [-0.05, 0) is 48.4 Å². The van der Waals surface area contributed by atoms with Crippen molar-refractivity contribution in [1.29, 1.82) is 5.41 Å². The Morgan fingerprint density at radius 1 is 0.906 bits per heavy atom. The molecule has 7 heteroatoms. The molecular weight excluding hydrogens is 404 g/mol. The lowest BCUT2D eigenvalue weighted by Gasteiger charge is -2.08. The number of aromatic nitrogens is 2. The molecule has 4 aromatic rings. The van der Waals surface area contributed by atoms with E-state index in [-0.39, 0.29) is 17.9 Å². The summed E-state index contributed by atoms with van der Waals surface area (Å²) in [6, 6.07) is 23.9. The zero-order valence-corrected chi connectivity index (χ0v) is 17.2. The molecule has 0 spiro atoms. The van der Waals surface area contributed by atoms with Crippen LogP contribution in [0.2, 0.25) is 0 Å². The number of nitrogens with one attached hydrogen (secondary N) is 1. The zero-order valence-electron chi connectivity index (χ0n) is 17.2. The minimum atomic E-state index is -0.833. The van der Waals surface area contributed by atoms with E-state index in [2.05, 4.69) is 0 Å². The molecular formula is C25H22N4O3. The zero-order chi connectivity index (χ0) is 22.7. The normalized spacial score (nSPS) is 10.8. The third kappa shape index (κ3) is 4.22. The molecule has 0 aliphatic heterocycles. The second kappa shape index (κ2) is 8.77. The lowest BCUT2D eigenvalue weighted by atomic mass is 10.1. The lowest BCUT2D eigenvalue weighted by Crippen LogP contribution is -2.22. The summed E-state index contributed by atoms with van der Waals surface area (Å²) in [6.45, 7) is 0. The molecule has 4 rings (SSSR count). The standard InChI is InChI=1S/C25H22N4O3/c26-24(27)19-11-13-20(14-12-19)28-16-22(29(25(28)32)21-4-2-1-3-5-21)18-9-6-17(7-10-18)8-15-23(30)31/h1-7,9-14,16H,8,15H2,(H3,26,27)(H,30,31). The van der Waals surface area contributed by atoms with Gasteiger partial charge in [-0.3, -0.25) is 19.3 Å². The second-order valence-corrected chi connectivity index (χ2v) is 7.39. The molecule has 0 aliphatic carbocycles. The lowest BCUT2D eigenvalue weighted by molar-refractivity contribution is -0.136. The quantitative estimate of drug-likeness (QED) is 0.309. The van der Waals surface area contributed by atoms with Crippen molar-refractivity contribution in [2.24, 2.45) is 5.73 Å². The van der Waals surface area contributed by atoms with Crippen LogP contribution in [0.5, 0.6) is 0 Å². The summed E-state index contributed by atoms with van der Waals surface area (Å²) in [7, 11) is 0. The summed E-state index contributed by atoms with van der Waals surface area (Å²) in [5, 5.41) is 16.5. The molecule has 1 aromatic heterocycles. The molecule has 0 radical (unpaired) electrons. The fourth-order valence-corrected chi connectivity index (χ4v) is 3.56. The molecule has 3 aromatic carbocycles. The van der Waals surface area contributed by atoms with Crippen molar-refractivity contribution in [1.82, 2.24) is 9.13 Å². The number of nitrogens with two attached hydrogens (primary N) is 1. The molecule has 1 heterocycles. The van der Waals surface area contributed by atoms with Gasteiger partial charge in [0.2, 0.25) is 0 Å². The van der Waals surface area contributed by atoms with Crippen molar-refractivity contribution in [2.75, 3.05) is 0 Å². The van der Waals surface area contributed by atoms with Gasteiger partial charge in [-0.15, -0.1) is 0 Å². The Morgan fingerprint density at radius 2 is 1.56 bits per heavy atom. The van der Waals surface area contributed by atoms with E-state index in [0.717, 1.165) is 16.8 Å². The van der Waals surface area contributed by atoms with Gasteiger partial charge in [0.1, 0.15) is 5.84 Å². The van der Waals surface area contributed by atoms with Crippen LogP contribution in [0.25, 0.3) is 22.6 Å². The summed E-state index contributed by atoms with van der Waals surface area (Å²) in [6.07, 6.45) is 2.30. The molecule has 4 N–H and O–H groups in total. The number of nitrogen functional groups attached to an aromatic ring is 1. The fourth-order valence-electron chi connectivity index (χ4n) is 3.56. The van der Waals surface area contributed by atoms with Gasteiger partial charge in [0.05, 0.1) is 17.1 Å². The number of carboxylic acid groups (broad SMARTS) is 1. The number of aliphatic carboxylic acids is 1. The molecule has 0 bridgehead atoms. The van der Waals surface area contributed by atoms with Crippen LogP contribution in [-0.4, -0.2) is 26.0 Å². The van der Waals surface area contributed by atoms with Gasteiger partial charge in [0.15, 0.2) is 0 Å². The van der Waals surface area contributed by atoms with E-state index in [1.807, 2.05) is 54.6 Å². The van der Waals surface area contributed by atoms with Crippen LogP contribution < -0.4 is 11.4 Å². The smallest absolute Gasteiger partial charge is 0.337 e. The Balaban J connectivity index is 1.81. The Morgan fingerprint density at radius 3 is 2.16 bits per heavy atom. The van der Waals surface area contributed by atoms with E-state index in [1.165, 1.54) is 0 Å². The Hall–Kier alpha value is -4.39. The van der Waals surface area contributed by atoms with E-state index in [4.69, 9.17) is 16.2 Å². The number of amidine groups is 1. The Labute approximate surface area is 184 Å². The van der Waals surface area contributed by atoms with Crippen LogP contribution >= 0.6 is 0 Å². The summed E-state index contributed by atoms with van der Waals surface area (Å²) in [5.74, 6) is -0.866. The predicted octanol–water partition coefficient (Wildman–Crippen LogP) is 3.60. The first kappa shape index (κ1) is 20.9. The van der Waals surface area contributed by atoms with Crippen molar-refractivity contribution in [3.05, 3.63) is 107 Å². The molecule has 32 heavy (non-hydrogen) atoms. The molecule has 0 fully saturated rings. The van der Waals surface area contributed by atoms with E-state index in [9.17, 15) is 9.59 Å². The average Bonchev–Trinajstić information content (AvgIpc) is 3.15. The molecule has 0 amide bonds. The topological polar surface area (TPSA) is 114 Å². The van der Waals surface area contributed by atoms with E-state index < -0.39 is 5.97 Å². The SMILES string of the molecule is N=C(N)c1ccc(-n2cc(-c3ccc(CCC(=O)O)cc3)n(-c3ccccc3)c2=O)cc1. The van der Waals surface area contributed by atoms with Crippen LogP contribution in [0.3, 0.4) is 0 Å². The van der Waals surface area contributed by atoms with Crippen LogP contribution in [-0.2, 0) is 11.2 Å². The monoisotopic (exact) mass is 426 g/mol. The Bertz CT molecular complexity index is 1320. The number of carboxylic acids is 1. The number of hydrogen-bond donors (Lipinski definition) is 3. The van der Waals surface area contributed by atoms with E-state index >= 15 is 0 Å². The van der Waals surface area contributed by atoms with Crippen molar-refractivity contribution in [3.63, 3.8) is 0 Å². The maximum absolute atomic E-state index is 13.4. The maximum Gasteiger partial charge on any atom is 0.337 e. The Kier molecular flexibility index (Phi) is 5.72. The second-order valence-electron chi connectivity index (χ2n) is 7.39. The summed E-state index contributed by atoms with van der Waals surface area (Å²) < 4.78 is 3.20. The number of aryl methyl sites for hydroxylation is 1. The van der Waals surface area contributed by atoms with Gasteiger partial charge in [-0.2, -0.15) is 0 Å². The highest BCUT2D eigenvalue weighted by Crippen LogP contribution is 2.24. The van der Waals surface area contributed by atoms with Gasteiger partial charge in [-0.1, -0.05) is 42.5 Å². The highest BCUT2D eigenvalue weighted by molar-refractivity contribution is 5.95. The predicted molar refractivity (Wildman–Crippen MR) is 124 cm³/mol. The molecule has 0 aliphatic rings. The number of hydrogen-bond acceptors (Lipinski definition) is 3. The van der Waals surface area contributed by atoms with Gasteiger partial charge in [0, 0.05) is 23.7 Å². The summed E-state index contributed by atoms with van der Waals surface area (Å²) in [4.78, 5) is 24.3. The molecule has 0 unspecified atom stereocenters. The van der Waals surface area contributed by atoms with Crippen LogP contribution in [0.15, 0.2) is 89.9 Å². The number of para-hydroxylation sites is 1. The van der Waals surface area contributed by atoms with Gasteiger partial charge in [-0.25, -0.2) is 4.79 Å². The van der Waals surface area contributed by atoms with Gasteiger partial charge in [0.25, 0.3) is 0 Å². The third-order valence-electron chi connectivity index (χ3n) is 5.24. The van der Waals surface area contributed by atoms with Crippen LogP contribution in [0.1, 0.15) is 17.5 Å². The molecule has 0 saturated carbocycles. The number of imidazole rings is 1. The first-order valence-electron chi connectivity index (χ1n) is 10.1. The van der Waals surface area contributed by atoms with Crippen molar-refractivity contribution in [2.45, 2.75) is 12.8 Å². The highest BCUT2D eigenvalue weighted by Gasteiger charge is 2.16. The highest BCUT2D eigenvalue weighted by atomic mass is 16.4. The molecule has 0 atom stereocenters.